The lowest BCUT2D eigenvalue weighted by Gasteiger charge is -2.51. The molecule has 0 aromatic rings. The molecule has 0 aliphatic heterocycles. The maximum absolute atomic E-state index is 11.9. The second-order valence-corrected chi connectivity index (χ2v) is 11.3. The number of aliphatic hydroxyl groups excluding tert-OH is 2. The van der Waals surface area contributed by atoms with Gasteiger partial charge in [-0.25, -0.2) is 0 Å². The molecule has 4 saturated carbocycles. The molecule has 7 nitrogen and oxygen atoms in total. The number of hydrogen-bond acceptors (Lipinski definition) is 7. The van der Waals surface area contributed by atoms with Gasteiger partial charge in [0, 0.05) is 29.6 Å². The van der Waals surface area contributed by atoms with Gasteiger partial charge in [-0.15, -0.1) is 0 Å². The third-order valence-electron chi connectivity index (χ3n) is 9.52. The fourth-order valence-corrected chi connectivity index (χ4v) is 8.14. The van der Waals surface area contributed by atoms with Crippen LogP contribution in [-0.2, 0) is 9.53 Å². The van der Waals surface area contributed by atoms with Gasteiger partial charge in [-0.1, -0.05) is 13.8 Å². The summed E-state index contributed by atoms with van der Waals surface area (Å²) >= 11 is 0. The van der Waals surface area contributed by atoms with Crippen molar-refractivity contribution in [3.8, 4) is 0 Å². The van der Waals surface area contributed by atoms with Crippen molar-refractivity contribution in [3.05, 3.63) is 0 Å². The smallest absolute Gasteiger partial charge is 0.302 e. The Labute approximate surface area is 172 Å². The molecule has 0 heterocycles. The summed E-state index contributed by atoms with van der Waals surface area (Å²) in [5, 5.41) is 57.0. The van der Waals surface area contributed by atoms with E-state index in [9.17, 15) is 30.3 Å². The minimum Gasteiger partial charge on any atom is -0.462 e. The molecule has 0 saturated heterocycles. The summed E-state index contributed by atoms with van der Waals surface area (Å²) in [6.45, 7) is 8.20. The van der Waals surface area contributed by atoms with E-state index in [1.807, 2.05) is 0 Å². The van der Waals surface area contributed by atoms with E-state index in [4.69, 9.17) is 4.74 Å². The predicted octanol–water partition coefficient (Wildman–Crippen LogP) is 0.739. The zero-order valence-electron chi connectivity index (χ0n) is 18.1. The molecule has 0 amide bonds. The van der Waals surface area contributed by atoms with Gasteiger partial charge >= 0.3 is 5.97 Å². The number of esters is 1. The SMILES string of the molecule is CC(=O)O[C@@H]1[C@H]2CC[C@H]3[C@@](C)(O)[C@@H]4C[C@H](O)C(C)(C)[C@@]4(O)[C@@H](O)C[C@@]13C[C@@]2(C)O. The van der Waals surface area contributed by atoms with Crippen molar-refractivity contribution >= 4 is 5.97 Å². The zero-order valence-corrected chi connectivity index (χ0v) is 18.1. The summed E-state index contributed by atoms with van der Waals surface area (Å²) in [6, 6.07) is 0. The average molecular weight is 413 g/mol. The Morgan fingerprint density at radius 2 is 1.59 bits per heavy atom. The lowest BCUT2D eigenvalue weighted by atomic mass is 9.57. The first-order valence-electron chi connectivity index (χ1n) is 10.8. The molecule has 4 rings (SSSR count). The topological polar surface area (TPSA) is 127 Å². The van der Waals surface area contributed by atoms with Gasteiger partial charge in [0.15, 0.2) is 0 Å². The highest BCUT2D eigenvalue weighted by molar-refractivity contribution is 5.66. The molecule has 2 bridgehead atoms. The molecule has 0 radical (unpaired) electrons. The van der Waals surface area contributed by atoms with Crippen molar-refractivity contribution in [2.45, 2.75) is 102 Å². The average Bonchev–Trinajstić information content (AvgIpc) is 2.80. The lowest BCUT2D eigenvalue weighted by molar-refractivity contribution is -0.202. The summed E-state index contributed by atoms with van der Waals surface area (Å²) < 4.78 is 5.75. The van der Waals surface area contributed by atoms with Crippen LogP contribution in [0.5, 0.6) is 0 Å². The molecule has 7 heteroatoms. The van der Waals surface area contributed by atoms with Crippen molar-refractivity contribution in [2.75, 3.05) is 0 Å². The molecule has 1 spiro atoms. The van der Waals surface area contributed by atoms with E-state index in [1.54, 1.807) is 27.7 Å². The van der Waals surface area contributed by atoms with Crippen molar-refractivity contribution in [3.63, 3.8) is 0 Å². The maximum atomic E-state index is 11.9. The molecule has 29 heavy (non-hydrogen) atoms. The van der Waals surface area contributed by atoms with E-state index < -0.39 is 57.8 Å². The van der Waals surface area contributed by atoms with Crippen LogP contribution in [-0.4, -0.2) is 66.6 Å². The second-order valence-electron chi connectivity index (χ2n) is 11.3. The van der Waals surface area contributed by atoms with Gasteiger partial charge in [-0.05, 0) is 51.9 Å². The summed E-state index contributed by atoms with van der Waals surface area (Å²) in [6.07, 6.45) is -0.985. The molecule has 4 fully saturated rings. The van der Waals surface area contributed by atoms with Gasteiger partial charge in [0.2, 0.25) is 0 Å². The first-order valence-corrected chi connectivity index (χ1v) is 10.8. The van der Waals surface area contributed by atoms with Gasteiger partial charge in [-0.2, -0.15) is 0 Å². The molecule has 5 N–H and O–H groups in total. The van der Waals surface area contributed by atoms with Gasteiger partial charge in [0.1, 0.15) is 11.7 Å². The Hall–Kier alpha value is -0.730. The number of fused-ring (bicyclic) bond motifs is 2. The normalized spacial score (nSPS) is 58.3. The van der Waals surface area contributed by atoms with E-state index in [0.29, 0.717) is 12.8 Å². The summed E-state index contributed by atoms with van der Waals surface area (Å²) in [7, 11) is 0. The van der Waals surface area contributed by atoms with Crippen LogP contribution in [0.1, 0.15) is 66.7 Å². The first-order chi connectivity index (χ1) is 13.1. The van der Waals surface area contributed by atoms with Crippen molar-refractivity contribution in [2.24, 2.45) is 28.6 Å². The van der Waals surface area contributed by atoms with Crippen molar-refractivity contribution in [1.82, 2.24) is 0 Å². The molecule has 0 aromatic carbocycles. The first kappa shape index (κ1) is 21.5. The minimum absolute atomic E-state index is 0.0988. The Morgan fingerprint density at radius 1 is 0.966 bits per heavy atom. The summed E-state index contributed by atoms with van der Waals surface area (Å²) in [5.41, 5.74) is -6.08. The molecule has 0 aromatic heterocycles. The van der Waals surface area contributed by atoms with E-state index in [0.717, 1.165) is 0 Å². The zero-order chi connectivity index (χ0) is 21.8. The quantitative estimate of drug-likeness (QED) is 0.402. The van der Waals surface area contributed by atoms with Crippen LogP contribution < -0.4 is 0 Å². The van der Waals surface area contributed by atoms with Crippen molar-refractivity contribution < 1.29 is 35.1 Å². The molecule has 166 valence electrons. The fraction of sp³-hybridized carbons (Fsp3) is 0.955. The lowest BCUT2D eigenvalue weighted by Crippen LogP contribution is -2.60. The Morgan fingerprint density at radius 3 is 2.17 bits per heavy atom. The number of rotatable bonds is 1. The number of aliphatic hydroxyl groups is 5. The molecule has 0 unspecified atom stereocenters. The standard InChI is InChI=1S/C22H36O7/c1-11(23)29-17-12-6-7-13-20(5,27)14-8-15(24)18(2,3)22(14,28)16(25)9-21(13,17)10-19(12,4)26/h12-17,24-28H,6-10H2,1-5H3/t12-,13+,14+,15+,16+,17-,19-,20-,21+,22+/m1/s1. The predicted molar refractivity (Wildman–Crippen MR) is 104 cm³/mol. The number of carbonyl (C=O) groups excluding carboxylic acids is 1. The number of hydrogen-bond donors (Lipinski definition) is 5. The molecular formula is C22H36O7. The van der Waals surface area contributed by atoms with Crippen LogP contribution in [0.25, 0.3) is 0 Å². The highest BCUT2D eigenvalue weighted by Crippen LogP contribution is 2.70. The maximum Gasteiger partial charge on any atom is 0.302 e. The Kier molecular flexibility index (Phi) is 4.41. The van der Waals surface area contributed by atoms with E-state index in [1.165, 1.54) is 6.92 Å². The number of ether oxygens (including phenoxy) is 1. The number of carbonyl (C=O) groups is 1. The molecule has 4 aliphatic rings. The third kappa shape index (κ3) is 2.45. The van der Waals surface area contributed by atoms with Gasteiger partial charge in [-0.3, -0.25) is 4.79 Å². The van der Waals surface area contributed by atoms with Crippen LogP contribution in [0.3, 0.4) is 0 Å². The van der Waals surface area contributed by atoms with Crippen molar-refractivity contribution in [1.29, 1.82) is 0 Å². The van der Waals surface area contributed by atoms with Gasteiger partial charge in [0.05, 0.1) is 23.4 Å². The van der Waals surface area contributed by atoms with E-state index in [-0.39, 0.29) is 31.1 Å². The largest absolute Gasteiger partial charge is 0.462 e. The van der Waals surface area contributed by atoms with Gasteiger partial charge in [0.25, 0.3) is 0 Å². The summed E-state index contributed by atoms with van der Waals surface area (Å²) in [4.78, 5) is 11.9. The minimum atomic E-state index is -1.70. The van der Waals surface area contributed by atoms with Crippen LogP contribution in [0.2, 0.25) is 0 Å². The third-order valence-corrected chi connectivity index (χ3v) is 9.52. The van der Waals surface area contributed by atoms with Crippen LogP contribution >= 0.6 is 0 Å². The van der Waals surface area contributed by atoms with Crippen LogP contribution in [0.4, 0.5) is 0 Å². The van der Waals surface area contributed by atoms with Crippen LogP contribution in [0, 0.1) is 28.6 Å². The molecule has 10 atom stereocenters. The second kappa shape index (κ2) is 5.94. The van der Waals surface area contributed by atoms with E-state index >= 15 is 0 Å². The monoisotopic (exact) mass is 412 g/mol. The molecule has 4 aliphatic carbocycles. The summed E-state index contributed by atoms with van der Waals surface area (Å²) in [5.74, 6) is -1.86. The van der Waals surface area contributed by atoms with E-state index in [2.05, 4.69) is 0 Å². The highest BCUT2D eigenvalue weighted by atomic mass is 16.5. The Bertz CT molecular complexity index is 716. The highest BCUT2D eigenvalue weighted by Gasteiger charge is 2.77. The van der Waals surface area contributed by atoms with Gasteiger partial charge < -0.3 is 30.3 Å². The molecular weight excluding hydrogens is 376 g/mol. The Balaban J connectivity index is 1.90. The van der Waals surface area contributed by atoms with Crippen LogP contribution in [0.15, 0.2) is 0 Å². The fourth-order valence-electron chi connectivity index (χ4n) is 8.14.